The quantitative estimate of drug-likeness (QED) is 0.468. The van der Waals surface area contributed by atoms with Gasteiger partial charge in [-0.25, -0.2) is 0 Å². The van der Waals surface area contributed by atoms with Crippen molar-refractivity contribution in [3.63, 3.8) is 0 Å². The molecule has 154 valence electrons. The van der Waals surface area contributed by atoms with Crippen molar-refractivity contribution < 1.29 is 5.11 Å². The highest BCUT2D eigenvalue weighted by Gasteiger charge is 2.57. The Morgan fingerprint density at radius 3 is 2.34 bits per heavy atom. The smallest absolute Gasteiger partial charge is 0.0580 e. The van der Waals surface area contributed by atoms with Crippen LogP contribution in [0, 0.1) is 11.3 Å². The van der Waals surface area contributed by atoms with E-state index in [9.17, 15) is 5.11 Å². The number of hydrogen-bond acceptors (Lipinski definition) is 1. The van der Waals surface area contributed by atoms with E-state index in [1.807, 2.05) is 0 Å². The molecule has 0 spiro atoms. The van der Waals surface area contributed by atoms with Gasteiger partial charge in [-0.05, 0) is 60.6 Å². The van der Waals surface area contributed by atoms with Crippen molar-refractivity contribution in [2.75, 3.05) is 0 Å². The molecule has 2 aromatic carbocycles. The van der Waals surface area contributed by atoms with Crippen LogP contribution in [0.5, 0.6) is 0 Å². The molecule has 1 heteroatoms. The Morgan fingerprint density at radius 1 is 0.966 bits per heavy atom. The van der Waals surface area contributed by atoms with Gasteiger partial charge in [0.2, 0.25) is 0 Å². The third kappa shape index (κ3) is 3.70. The maximum Gasteiger partial charge on any atom is 0.0580 e. The summed E-state index contributed by atoms with van der Waals surface area (Å²) < 4.78 is 0. The van der Waals surface area contributed by atoms with Crippen LogP contribution in [0.2, 0.25) is 0 Å². The molecular weight excluding hydrogens is 352 g/mol. The Balaban J connectivity index is 1.79. The number of unbranched alkanes of at least 4 members (excludes halogenated alkanes) is 3. The molecule has 1 N–H and O–H groups in total. The predicted molar refractivity (Wildman–Crippen MR) is 123 cm³/mol. The third-order valence-electron chi connectivity index (χ3n) is 7.73. The van der Waals surface area contributed by atoms with Crippen molar-refractivity contribution in [3.8, 4) is 0 Å². The topological polar surface area (TPSA) is 20.2 Å². The summed E-state index contributed by atoms with van der Waals surface area (Å²) in [6, 6.07) is 22.1. The summed E-state index contributed by atoms with van der Waals surface area (Å²) in [6.45, 7) is 4.69. The van der Waals surface area contributed by atoms with E-state index in [2.05, 4.69) is 74.5 Å². The van der Waals surface area contributed by atoms with Crippen LogP contribution in [-0.2, 0) is 0 Å². The fourth-order valence-corrected chi connectivity index (χ4v) is 6.30. The molecule has 0 saturated heterocycles. The molecule has 1 nitrogen and oxygen atoms in total. The van der Waals surface area contributed by atoms with Gasteiger partial charge >= 0.3 is 0 Å². The zero-order chi connectivity index (χ0) is 20.3. The maximum atomic E-state index is 11.0. The summed E-state index contributed by atoms with van der Waals surface area (Å²) in [5.41, 5.74) is 6.05. The Bertz CT molecular complexity index is 822. The van der Waals surface area contributed by atoms with E-state index in [1.54, 1.807) is 11.1 Å². The summed E-state index contributed by atoms with van der Waals surface area (Å²) in [7, 11) is 0. The second-order valence-corrected chi connectivity index (χ2v) is 9.24. The van der Waals surface area contributed by atoms with Crippen LogP contribution in [0.1, 0.15) is 82.3 Å². The lowest BCUT2D eigenvalue weighted by Crippen LogP contribution is -2.33. The lowest BCUT2D eigenvalue weighted by molar-refractivity contribution is 0.0992. The van der Waals surface area contributed by atoms with Crippen molar-refractivity contribution >= 4 is 5.57 Å². The molecule has 2 aliphatic rings. The molecule has 2 aliphatic carbocycles. The SMILES string of the molecule is CCCCCCC1=C(c2ccccc2)[C@]2(C(C)c3ccccc3)CC[C@@H](O)C2C1. The van der Waals surface area contributed by atoms with Crippen molar-refractivity contribution in [3.05, 3.63) is 77.4 Å². The number of aliphatic hydroxyl groups excluding tert-OH is 1. The van der Waals surface area contributed by atoms with Crippen LogP contribution in [0.4, 0.5) is 0 Å². The largest absolute Gasteiger partial charge is 0.393 e. The molecule has 0 radical (unpaired) electrons. The van der Waals surface area contributed by atoms with Crippen LogP contribution >= 0.6 is 0 Å². The normalized spacial score (nSPS) is 27.3. The lowest BCUT2D eigenvalue weighted by atomic mass is 9.63. The van der Waals surface area contributed by atoms with Gasteiger partial charge in [0.05, 0.1) is 6.10 Å². The fraction of sp³-hybridized carbons (Fsp3) is 0.500. The van der Waals surface area contributed by atoms with Crippen molar-refractivity contribution in [1.82, 2.24) is 0 Å². The number of allylic oxidation sites excluding steroid dienone is 2. The van der Waals surface area contributed by atoms with Gasteiger partial charge < -0.3 is 5.11 Å². The zero-order valence-corrected chi connectivity index (χ0v) is 18.1. The monoisotopic (exact) mass is 388 g/mol. The third-order valence-corrected chi connectivity index (χ3v) is 7.73. The van der Waals surface area contributed by atoms with E-state index < -0.39 is 0 Å². The maximum absolute atomic E-state index is 11.0. The summed E-state index contributed by atoms with van der Waals surface area (Å²) in [5, 5.41) is 11.0. The van der Waals surface area contributed by atoms with Crippen molar-refractivity contribution in [2.24, 2.45) is 11.3 Å². The minimum atomic E-state index is -0.173. The molecule has 0 heterocycles. The minimum Gasteiger partial charge on any atom is -0.393 e. The number of benzene rings is 2. The van der Waals surface area contributed by atoms with E-state index in [1.165, 1.54) is 43.2 Å². The van der Waals surface area contributed by atoms with E-state index in [0.29, 0.717) is 11.8 Å². The highest BCUT2D eigenvalue weighted by atomic mass is 16.3. The molecule has 0 aromatic heterocycles. The first-order chi connectivity index (χ1) is 14.2. The second kappa shape index (κ2) is 8.88. The van der Waals surface area contributed by atoms with E-state index in [0.717, 1.165) is 19.3 Å². The van der Waals surface area contributed by atoms with Gasteiger partial charge in [0.25, 0.3) is 0 Å². The Morgan fingerprint density at radius 2 is 1.66 bits per heavy atom. The van der Waals surface area contributed by atoms with E-state index in [-0.39, 0.29) is 11.5 Å². The molecular formula is C28H36O. The molecule has 4 rings (SSSR count). The van der Waals surface area contributed by atoms with Gasteiger partial charge in [0.15, 0.2) is 0 Å². The van der Waals surface area contributed by atoms with Gasteiger partial charge in [-0.3, -0.25) is 0 Å². The van der Waals surface area contributed by atoms with Gasteiger partial charge in [0, 0.05) is 5.41 Å². The van der Waals surface area contributed by atoms with Gasteiger partial charge in [-0.15, -0.1) is 0 Å². The predicted octanol–water partition coefficient (Wildman–Crippen LogP) is 7.38. The number of aliphatic hydroxyl groups is 1. The van der Waals surface area contributed by atoms with E-state index >= 15 is 0 Å². The van der Waals surface area contributed by atoms with Crippen LogP contribution in [0.3, 0.4) is 0 Å². The molecule has 0 amide bonds. The van der Waals surface area contributed by atoms with Gasteiger partial charge in [-0.1, -0.05) is 99.3 Å². The standard InChI is InChI=1S/C28H36O/c1-3-4-5-8-17-24-20-25-26(29)18-19-28(25,21(2)22-13-9-6-10-14-22)27(24)23-15-11-7-12-16-23/h6-7,9-16,21,25-26,29H,3-5,8,17-20H2,1-2H3/t21?,25?,26-,28+/m1/s1. The summed E-state index contributed by atoms with van der Waals surface area (Å²) in [4.78, 5) is 0. The van der Waals surface area contributed by atoms with Gasteiger partial charge in [-0.2, -0.15) is 0 Å². The van der Waals surface area contributed by atoms with Gasteiger partial charge in [0.1, 0.15) is 0 Å². The van der Waals surface area contributed by atoms with E-state index in [4.69, 9.17) is 0 Å². The van der Waals surface area contributed by atoms with Crippen LogP contribution in [-0.4, -0.2) is 11.2 Å². The summed E-state index contributed by atoms with van der Waals surface area (Å²) in [6.07, 6.45) is 9.32. The minimum absolute atomic E-state index is 0.0578. The molecule has 4 atom stereocenters. The lowest BCUT2D eigenvalue weighted by Gasteiger charge is -2.40. The molecule has 0 bridgehead atoms. The average molecular weight is 389 g/mol. The highest BCUT2D eigenvalue weighted by Crippen LogP contribution is 2.66. The number of rotatable bonds is 8. The molecule has 2 unspecified atom stereocenters. The molecule has 1 saturated carbocycles. The Kier molecular flexibility index (Phi) is 6.25. The first kappa shape index (κ1) is 20.4. The Labute approximate surface area is 176 Å². The first-order valence-electron chi connectivity index (χ1n) is 11.7. The first-order valence-corrected chi connectivity index (χ1v) is 11.7. The van der Waals surface area contributed by atoms with Crippen LogP contribution < -0.4 is 0 Å². The molecule has 1 fully saturated rings. The Hall–Kier alpha value is -1.86. The van der Waals surface area contributed by atoms with Crippen LogP contribution in [0.15, 0.2) is 66.2 Å². The van der Waals surface area contributed by atoms with Crippen molar-refractivity contribution in [2.45, 2.75) is 77.2 Å². The van der Waals surface area contributed by atoms with Crippen LogP contribution in [0.25, 0.3) is 5.57 Å². The highest BCUT2D eigenvalue weighted by molar-refractivity contribution is 5.78. The summed E-state index contributed by atoms with van der Waals surface area (Å²) in [5.74, 6) is 0.767. The second-order valence-electron chi connectivity index (χ2n) is 9.24. The molecule has 29 heavy (non-hydrogen) atoms. The molecule has 0 aliphatic heterocycles. The van der Waals surface area contributed by atoms with Crippen molar-refractivity contribution in [1.29, 1.82) is 0 Å². The zero-order valence-electron chi connectivity index (χ0n) is 18.1. The number of fused-ring (bicyclic) bond motifs is 1. The summed E-state index contributed by atoms with van der Waals surface area (Å²) >= 11 is 0. The number of hydrogen-bond donors (Lipinski definition) is 1. The molecule has 2 aromatic rings. The fourth-order valence-electron chi connectivity index (χ4n) is 6.30. The average Bonchev–Trinajstić information content (AvgIpc) is 3.27.